The van der Waals surface area contributed by atoms with Crippen molar-refractivity contribution in [1.29, 1.82) is 0 Å². The molecule has 0 aromatic heterocycles. The summed E-state index contributed by atoms with van der Waals surface area (Å²) in [5.74, 6) is 0.263. The van der Waals surface area contributed by atoms with Crippen molar-refractivity contribution in [2.24, 2.45) is 0 Å². The van der Waals surface area contributed by atoms with Crippen LogP contribution in [0.5, 0.6) is 0 Å². The van der Waals surface area contributed by atoms with Gasteiger partial charge in [0.05, 0.1) is 0 Å². The average Bonchev–Trinajstić information content (AvgIpc) is 2.41. The summed E-state index contributed by atoms with van der Waals surface area (Å²) >= 11 is 0. The van der Waals surface area contributed by atoms with Gasteiger partial charge in [0.25, 0.3) is 0 Å². The molecule has 2 N–H and O–H groups in total. The number of ketones is 1. The van der Waals surface area contributed by atoms with Crippen LogP contribution in [-0.2, 0) is 0 Å². The summed E-state index contributed by atoms with van der Waals surface area (Å²) in [5.41, 5.74) is 10.3. The van der Waals surface area contributed by atoms with Crippen LogP contribution in [-0.4, -0.2) is 5.78 Å². The van der Waals surface area contributed by atoms with Gasteiger partial charge in [0, 0.05) is 16.8 Å². The van der Waals surface area contributed by atoms with Crippen LogP contribution in [0.15, 0.2) is 42.5 Å². The van der Waals surface area contributed by atoms with E-state index in [-0.39, 0.29) is 11.7 Å². The van der Waals surface area contributed by atoms with Crippen LogP contribution >= 0.6 is 0 Å². The van der Waals surface area contributed by atoms with Crippen molar-refractivity contribution in [1.82, 2.24) is 0 Å². The molecule has 0 aliphatic rings. The van der Waals surface area contributed by atoms with Crippen LogP contribution in [0.3, 0.4) is 0 Å². The Balaban J connectivity index is 2.57. The molecule has 98 valence electrons. The Kier molecular flexibility index (Phi) is 3.70. The van der Waals surface area contributed by atoms with Crippen molar-refractivity contribution in [3.05, 3.63) is 64.7 Å². The van der Waals surface area contributed by atoms with Gasteiger partial charge in [-0.2, -0.15) is 0 Å². The van der Waals surface area contributed by atoms with Crippen molar-refractivity contribution in [3.63, 3.8) is 0 Å². The molecule has 2 nitrogen and oxygen atoms in total. The molecular formula is C17H19NO. The molecule has 0 unspecified atom stereocenters. The summed E-state index contributed by atoms with van der Waals surface area (Å²) in [6.45, 7) is 6.10. The molecule has 2 aromatic rings. The fourth-order valence-electron chi connectivity index (χ4n) is 2.31. The standard InChI is InChI=1S/C17H19NO/c1-11(2)15-14(10-9-12(3)16(15)18)17(19)13-7-5-4-6-8-13/h4-11H,18H2,1-3H3. The summed E-state index contributed by atoms with van der Waals surface area (Å²) in [4.78, 5) is 12.6. The van der Waals surface area contributed by atoms with E-state index >= 15 is 0 Å². The normalized spacial score (nSPS) is 10.7. The number of hydrogen-bond acceptors (Lipinski definition) is 2. The highest BCUT2D eigenvalue weighted by Crippen LogP contribution is 2.30. The molecule has 0 saturated heterocycles. The first kappa shape index (κ1) is 13.3. The second kappa shape index (κ2) is 5.27. The van der Waals surface area contributed by atoms with Gasteiger partial charge in [0.1, 0.15) is 0 Å². The zero-order valence-electron chi connectivity index (χ0n) is 11.6. The Morgan fingerprint density at radius 1 is 1.05 bits per heavy atom. The van der Waals surface area contributed by atoms with Gasteiger partial charge >= 0.3 is 0 Å². The third kappa shape index (κ3) is 2.53. The smallest absolute Gasteiger partial charge is 0.193 e. The van der Waals surface area contributed by atoms with E-state index in [1.165, 1.54) is 0 Å². The quantitative estimate of drug-likeness (QED) is 0.665. The summed E-state index contributed by atoms with van der Waals surface area (Å²) < 4.78 is 0. The molecule has 2 heteroatoms. The molecule has 2 aromatic carbocycles. The van der Waals surface area contributed by atoms with Crippen LogP contribution in [0.2, 0.25) is 0 Å². The second-order valence-corrected chi connectivity index (χ2v) is 5.11. The van der Waals surface area contributed by atoms with Gasteiger partial charge in [0.2, 0.25) is 0 Å². The zero-order valence-corrected chi connectivity index (χ0v) is 11.6. The third-order valence-electron chi connectivity index (χ3n) is 3.36. The maximum absolute atomic E-state index is 12.6. The minimum Gasteiger partial charge on any atom is -0.398 e. The van der Waals surface area contributed by atoms with E-state index in [1.807, 2.05) is 49.4 Å². The topological polar surface area (TPSA) is 43.1 Å². The van der Waals surface area contributed by atoms with E-state index < -0.39 is 0 Å². The van der Waals surface area contributed by atoms with Crippen LogP contribution in [0, 0.1) is 6.92 Å². The predicted octanol–water partition coefficient (Wildman–Crippen LogP) is 3.93. The first-order chi connectivity index (χ1) is 9.02. The Hall–Kier alpha value is -2.09. The minimum atomic E-state index is 0.0380. The fourth-order valence-corrected chi connectivity index (χ4v) is 2.31. The van der Waals surface area contributed by atoms with Crippen molar-refractivity contribution in [2.45, 2.75) is 26.7 Å². The maximum atomic E-state index is 12.6. The Labute approximate surface area is 114 Å². The second-order valence-electron chi connectivity index (χ2n) is 5.11. The minimum absolute atomic E-state index is 0.0380. The van der Waals surface area contributed by atoms with Crippen LogP contribution in [0.4, 0.5) is 5.69 Å². The van der Waals surface area contributed by atoms with Crippen molar-refractivity contribution < 1.29 is 4.79 Å². The molecule has 0 saturated carbocycles. The highest BCUT2D eigenvalue weighted by Gasteiger charge is 2.18. The van der Waals surface area contributed by atoms with Gasteiger partial charge in [-0.1, -0.05) is 56.3 Å². The fraction of sp³-hybridized carbons (Fsp3) is 0.235. The molecule has 0 fully saturated rings. The lowest BCUT2D eigenvalue weighted by atomic mass is 9.89. The number of carbonyl (C=O) groups is 1. The number of rotatable bonds is 3. The van der Waals surface area contributed by atoms with E-state index in [4.69, 9.17) is 5.73 Å². The molecule has 0 aliphatic heterocycles. The highest BCUT2D eigenvalue weighted by atomic mass is 16.1. The van der Waals surface area contributed by atoms with Crippen LogP contribution < -0.4 is 5.73 Å². The number of anilines is 1. The number of benzene rings is 2. The Morgan fingerprint density at radius 2 is 1.68 bits per heavy atom. The first-order valence-corrected chi connectivity index (χ1v) is 6.51. The first-order valence-electron chi connectivity index (χ1n) is 6.51. The zero-order chi connectivity index (χ0) is 14.0. The maximum Gasteiger partial charge on any atom is 0.193 e. The SMILES string of the molecule is Cc1ccc(C(=O)c2ccccc2)c(C(C)C)c1N. The molecule has 0 heterocycles. The number of nitrogens with two attached hydrogens (primary N) is 1. The van der Waals surface area contributed by atoms with Crippen molar-refractivity contribution in [3.8, 4) is 0 Å². The van der Waals surface area contributed by atoms with Gasteiger partial charge in [0.15, 0.2) is 5.78 Å². The van der Waals surface area contributed by atoms with Gasteiger partial charge in [-0.05, 0) is 24.0 Å². The summed E-state index contributed by atoms with van der Waals surface area (Å²) in [5, 5.41) is 0. The number of nitrogen functional groups attached to an aromatic ring is 1. The van der Waals surface area contributed by atoms with Crippen molar-refractivity contribution >= 4 is 11.5 Å². The van der Waals surface area contributed by atoms with Crippen molar-refractivity contribution in [2.75, 3.05) is 5.73 Å². The average molecular weight is 253 g/mol. The molecule has 0 amide bonds. The largest absolute Gasteiger partial charge is 0.398 e. The van der Waals surface area contributed by atoms with E-state index in [1.54, 1.807) is 0 Å². The van der Waals surface area contributed by atoms with Crippen LogP contribution in [0.25, 0.3) is 0 Å². The van der Waals surface area contributed by atoms with E-state index in [2.05, 4.69) is 13.8 Å². The van der Waals surface area contributed by atoms with Gasteiger partial charge in [-0.15, -0.1) is 0 Å². The molecule has 0 bridgehead atoms. The molecule has 0 aliphatic carbocycles. The lowest BCUT2D eigenvalue weighted by Crippen LogP contribution is -2.10. The molecule has 0 radical (unpaired) electrons. The highest BCUT2D eigenvalue weighted by molar-refractivity contribution is 6.10. The number of carbonyl (C=O) groups excluding carboxylic acids is 1. The summed E-state index contributed by atoms with van der Waals surface area (Å²) in [6, 6.07) is 13.1. The van der Waals surface area contributed by atoms with E-state index in [9.17, 15) is 4.79 Å². The number of hydrogen-bond donors (Lipinski definition) is 1. The molecule has 2 rings (SSSR count). The molecule has 19 heavy (non-hydrogen) atoms. The Morgan fingerprint density at radius 3 is 2.26 bits per heavy atom. The molecule has 0 spiro atoms. The summed E-state index contributed by atoms with van der Waals surface area (Å²) in [7, 11) is 0. The molecule has 0 atom stereocenters. The van der Waals surface area contributed by atoms with Gasteiger partial charge in [-0.25, -0.2) is 0 Å². The lowest BCUT2D eigenvalue weighted by molar-refractivity contribution is 0.103. The Bertz CT molecular complexity index is 600. The van der Waals surface area contributed by atoms with E-state index in [0.717, 1.165) is 16.8 Å². The van der Waals surface area contributed by atoms with Gasteiger partial charge in [-0.3, -0.25) is 4.79 Å². The number of aryl methyl sites for hydroxylation is 1. The van der Waals surface area contributed by atoms with Gasteiger partial charge < -0.3 is 5.73 Å². The molecular weight excluding hydrogens is 234 g/mol. The van der Waals surface area contributed by atoms with E-state index in [0.29, 0.717) is 11.1 Å². The van der Waals surface area contributed by atoms with Crippen LogP contribution in [0.1, 0.15) is 46.8 Å². The predicted molar refractivity (Wildman–Crippen MR) is 79.6 cm³/mol. The third-order valence-corrected chi connectivity index (χ3v) is 3.36. The summed E-state index contributed by atoms with van der Waals surface area (Å²) in [6.07, 6.45) is 0. The lowest BCUT2D eigenvalue weighted by Gasteiger charge is -2.16. The monoisotopic (exact) mass is 253 g/mol.